The molecule has 1 amide bonds. The lowest BCUT2D eigenvalue weighted by Crippen LogP contribution is -2.25. The van der Waals surface area contributed by atoms with E-state index in [1.165, 1.54) is 24.8 Å². The van der Waals surface area contributed by atoms with Crippen LogP contribution in [0, 0.1) is 0 Å². The molecule has 1 unspecified atom stereocenters. The Morgan fingerprint density at radius 2 is 2.12 bits per heavy atom. The first-order valence-electron chi connectivity index (χ1n) is 9.08. The van der Waals surface area contributed by atoms with Crippen molar-refractivity contribution in [2.24, 2.45) is 0 Å². The zero-order chi connectivity index (χ0) is 16.9. The molecule has 4 nitrogen and oxygen atoms in total. The Balaban J connectivity index is 1.86. The number of carbonyl (C=O) groups excluding carboxylic acids is 1. The van der Waals surface area contributed by atoms with Crippen LogP contribution >= 0.6 is 0 Å². The van der Waals surface area contributed by atoms with Gasteiger partial charge in [0, 0.05) is 32.0 Å². The number of unbranched alkanes of at least 4 members (excludes halogenated alkanes) is 3. The molecule has 0 saturated carbocycles. The van der Waals surface area contributed by atoms with Gasteiger partial charge in [0.15, 0.2) is 0 Å². The van der Waals surface area contributed by atoms with Crippen LogP contribution in [0.4, 0.5) is 0 Å². The number of para-hydroxylation sites is 2. The summed E-state index contributed by atoms with van der Waals surface area (Å²) in [6, 6.07) is 8.31. The van der Waals surface area contributed by atoms with Crippen molar-refractivity contribution in [2.45, 2.75) is 51.5 Å². The number of benzene rings is 1. The predicted molar refractivity (Wildman–Crippen MR) is 98.0 cm³/mol. The van der Waals surface area contributed by atoms with E-state index in [0.717, 1.165) is 30.9 Å². The van der Waals surface area contributed by atoms with E-state index in [1.807, 2.05) is 11.0 Å². The van der Waals surface area contributed by atoms with E-state index >= 15 is 0 Å². The summed E-state index contributed by atoms with van der Waals surface area (Å²) in [5.74, 6) is 1.48. The van der Waals surface area contributed by atoms with Gasteiger partial charge < -0.3 is 9.47 Å². The second-order valence-corrected chi connectivity index (χ2v) is 6.66. The highest BCUT2D eigenvalue weighted by Gasteiger charge is 2.33. The van der Waals surface area contributed by atoms with Gasteiger partial charge in [0.2, 0.25) is 5.91 Å². The number of fused-ring (bicyclic) bond motifs is 1. The van der Waals surface area contributed by atoms with Gasteiger partial charge in [0.25, 0.3) is 0 Å². The first kappa shape index (κ1) is 16.7. The van der Waals surface area contributed by atoms with Crippen LogP contribution in [0.2, 0.25) is 0 Å². The van der Waals surface area contributed by atoms with E-state index in [9.17, 15) is 4.79 Å². The molecule has 1 aliphatic rings. The molecule has 1 saturated heterocycles. The number of hydrogen-bond acceptors (Lipinski definition) is 2. The van der Waals surface area contributed by atoms with Crippen molar-refractivity contribution < 1.29 is 4.79 Å². The molecule has 128 valence electrons. The van der Waals surface area contributed by atoms with Crippen molar-refractivity contribution in [3.05, 3.63) is 42.7 Å². The Hall–Kier alpha value is -2.10. The summed E-state index contributed by atoms with van der Waals surface area (Å²) in [4.78, 5) is 19.0. The van der Waals surface area contributed by atoms with Gasteiger partial charge in [-0.15, -0.1) is 6.58 Å². The van der Waals surface area contributed by atoms with E-state index < -0.39 is 0 Å². The number of aromatic nitrogens is 2. The molecule has 2 aromatic rings. The summed E-state index contributed by atoms with van der Waals surface area (Å²) in [7, 11) is 0. The lowest BCUT2D eigenvalue weighted by Gasteiger charge is -2.15. The smallest absolute Gasteiger partial charge is 0.223 e. The van der Waals surface area contributed by atoms with Gasteiger partial charge in [-0.2, -0.15) is 0 Å². The SMILES string of the molecule is C=CCN1CC(c2nc3ccccc3n2CCCCCC)CC1=O. The molecule has 0 N–H and O–H groups in total. The van der Waals surface area contributed by atoms with Crippen molar-refractivity contribution in [1.82, 2.24) is 14.5 Å². The summed E-state index contributed by atoms with van der Waals surface area (Å²) < 4.78 is 2.35. The molecule has 1 aromatic carbocycles. The summed E-state index contributed by atoms with van der Waals surface area (Å²) in [6.07, 6.45) is 7.29. The van der Waals surface area contributed by atoms with Gasteiger partial charge in [-0.05, 0) is 18.6 Å². The minimum absolute atomic E-state index is 0.191. The first-order valence-corrected chi connectivity index (χ1v) is 9.08. The first-order chi connectivity index (χ1) is 11.7. The molecule has 0 spiro atoms. The molecule has 24 heavy (non-hydrogen) atoms. The van der Waals surface area contributed by atoms with Crippen molar-refractivity contribution >= 4 is 16.9 Å². The second-order valence-electron chi connectivity index (χ2n) is 6.66. The quantitative estimate of drug-likeness (QED) is 0.541. The number of rotatable bonds is 8. The van der Waals surface area contributed by atoms with Crippen molar-refractivity contribution in [2.75, 3.05) is 13.1 Å². The van der Waals surface area contributed by atoms with Gasteiger partial charge in [-0.1, -0.05) is 44.4 Å². The number of carbonyl (C=O) groups is 1. The minimum atomic E-state index is 0.191. The fourth-order valence-corrected chi connectivity index (χ4v) is 3.61. The van der Waals surface area contributed by atoms with Crippen LogP contribution < -0.4 is 0 Å². The van der Waals surface area contributed by atoms with Crippen molar-refractivity contribution in [3.8, 4) is 0 Å². The topological polar surface area (TPSA) is 38.1 Å². The average molecular weight is 325 g/mol. The third kappa shape index (κ3) is 3.37. The third-order valence-electron chi connectivity index (χ3n) is 4.85. The number of amides is 1. The summed E-state index contributed by atoms with van der Waals surface area (Å²) in [6.45, 7) is 8.36. The maximum Gasteiger partial charge on any atom is 0.223 e. The molecule has 4 heteroatoms. The highest BCUT2D eigenvalue weighted by atomic mass is 16.2. The fourth-order valence-electron chi connectivity index (χ4n) is 3.61. The molecule has 3 rings (SSSR count). The van der Waals surface area contributed by atoms with Crippen LogP contribution in [0.5, 0.6) is 0 Å². The lowest BCUT2D eigenvalue weighted by atomic mass is 10.1. The van der Waals surface area contributed by atoms with E-state index in [0.29, 0.717) is 13.0 Å². The molecule has 1 aromatic heterocycles. The molecular weight excluding hydrogens is 298 g/mol. The van der Waals surface area contributed by atoms with Crippen LogP contribution in [-0.2, 0) is 11.3 Å². The maximum absolute atomic E-state index is 12.2. The maximum atomic E-state index is 12.2. The molecular formula is C20H27N3O. The van der Waals surface area contributed by atoms with Crippen LogP contribution in [0.15, 0.2) is 36.9 Å². The van der Waals surface area contributed by atoms with E-state index in [2.05, 4.69) is 36.3 Å². The zero-order valence-corrected chi connectivity index (χ0v) is 14.6. The number of hydrogen-bond donors (Lipinski definition) is 0. The Kier molecular flexibility index (Phi) is 5.34. The van der Waals surface area contributed by atoms with Crippen LogP contribution in [-0.4, -0.2) is 33.4 Å². The highest BCUT2D eigenvalue weighted by molar-refractivity contribution is 5.81. The number of imidazole rings is 1. The molecule has 2 heterocycles. The van der Waals surface area contributed by atoms with Crippen LogP contribution in [0.25, 0.3) is 11.0 Å². The van der Waals surface area contributed by atoms with Gasteiger partial charge in [-0.3, -0.25) is 4.79 Å². The Morgan fingerprint density at radius 1 is 1.29 bits per heavy atom. The molecule has 0 bridgehead atoms. The fraction of sp³-hybridized carbons (Fsp3) is 0.500. The number of aryl methyl sites for hydroxylation is 1. The number of nitrogens with zero attached hydrogens (tertiary/aromatic N) is 3. The molecule has 0 aliphatic carbocycles. The van der Waals surface area contributed by atoms with Crippen molar-refractivity contribution in [1.29, 1.82) is 0 Å². The molecule has 1 atom stereocenters. The summed E-state index contributed by atoms with van der Waals surface area (Å²) in [5.41, 5.74) is 2.23. The minimum Gasteiger partial charge on any atom is -0.338 e. The van der Waals surface area contributed by atoms with E-state index in [4.69, 9.17) is 4.98 Å². The van der Waals surface area contributed by atoms with Crippen molar-refractivity contribution in [3.63, 3.8) is 0 Å². The normalized spacial score (nSPS) is 17.8. The largest absolute Gasteiger partial charge is 0.338 e. The molecule has 0 radical (unpaired) electrons. The van der Waals surface area contributed by atoms with Gasteiger partial charge in [-0.25, -0.2) is 4.98 Å². The van der Waals surface area contributed by atoms with Crippen LogP contribution in [0.3, 0.4) is 0 Å². The molecule has 1 fully saturated rings. The molecule has 1 aliphatic heterocycles. The van der Waals surface area contributed by atoms with E-state index in [1.54, 1.807) is 6.08 Å². The highest BCUT2D eigenvalue weighted by Crippen LogP contribution is 2.30. The zero-order valence-electron chi connectivity index (χ0n) is 14.6. The Bertz CT molecular complexity index is 719. The third-order valence-corrected chi connectivity index (χ3v) is 4.85. The summed E-state index contributed by atoms with van der Waals surface area (Å²) >= 11 is 0. The second kappa shape index (κ2) is 7.65. The van der Waals surface area contributed by atoms with Gasteiger partial charge in [0.05, 0.1) is 11.0 Å². The Labute approximate surface area is 144 Å². The lowest BCUT2D eigenvalue weighted by molar-refractivity contribution is -0.127. The average Bonchev–Trinajstić information content (AvgIpc) is 3.13. The van der Waals surface area contributed by atoms with Crippen LogP contribution in [0.1, 0.15) is 50.8 Å². The number of likely N-dealkylation sites (tertiary alicyclic amines) is 1. The van der Waals surface area contributed by atoms with Gasteiger partial charge >= 0.3 is 0 Å². The standard InChI is InChI=1S/C20H27N3O/c1-3-5-6-9-13-23-18-11-8-7-10-17(18)21-20(23)16-14-19(24)22(15-16)12-4-2/h4,7-8,10-11,16H,2-3,5-6,9,12-15H2,1H3. The monoisotopic (exact) mass is 325 g/mol. The van der Waals surface area contributed by atoms with E-state index in [-0.39, 0.29) is 11.8 Å². The summed E-state index contributed by atoms with van der Waals surface area (Å²) in [5, 5.41) is 0. The van der Waals surface area contributed by atoms with Gasteiger partial charge in [0.1, 0.15) is 5.82 Å². The Morgan fingerprint density at radius 3 is 2.92 bits per heavy atom. The predicted octanol–water partition coefficient (Wildman–Crippen LogP) is 4.12.